The molecule has 4 heteroatoms. The van der Waals surface area contributed by atoms with Crippen LogP contribution in [0.25, 0.3) is 0 Å². The van der Waals surface area contributed by atoms with Gasteiger partial charge in [0.05, 0.1) is 0 Å². The number of benzene rings is 1. The Morgan fingerprint density at radius 3 is 3.07 bits per heavy atom. The Balaban J connectivity index is 2.98. The van der Waals surface area contributed by atoms with Crippen molar-refractivity contribution in [3.63, 3.8) is 0 Å². The van der Waals surface area contributed by atoms with Gasteiger partial charge in [0.1, 0.15) is 0 Å². The van der Waals surface area contributed by atoms with Crippen LogP contribution in [0.1, 0.15) is 9.67 Å². The molecule has 14 heavy (non-hydrogen) atoms. The molecule has 0 radical (unpaired) electrons. The zero-order valence-corrected chi connectivity index (χ0v) is 10.5. The van der Waals surface area contributed by atoms with Crippen LogP contribution in [-0.4, -0.2) is 28.1 Å². The number of rotatable bonds is 5. The Morgan fingerprint density at radius 1 is 1.71 bits per heavy atom. The van der Waals surface area contributed by atoms with Crippen molar-refractivity contribution in [1.29, 1.82) is 0 Å². The third kappa shape index (κ3) is 3.09. The Hall–Kier alpha value is -0.371. The second kappa shape index (κ2) is 6.18. The minimum absolute atomic E-state index is 0.0446. The molecule has 0 saturated heterocycles. The molecule has 0 unspecified atom stereocenters. The molecule has 0 bridgehead atoms. The van der Waals surface area contributed by atoms with Gasteiger partial charge in [0.25, 0.3) is 0 Å². The summed E-state index contributed by atoms with van der Waals surface area (Å²) in [5.41, 5.74) is 0. The van der Waals surface area contributed by atoms with E-state index in [4.69, 9.17) is 23.8 Å². The molecular weight excluding hydrogens is 268 g/mol. The molecule has 0 fully saturated rings. The molecule has 0 saturated carbocycles. The van der Waals surface area contributed by atoms with Gasteiger partial charge in [0.2, 0.25) is 0 Å². The second-order valence-corrected chi connectivity index (χ2v) is 4.80. The molecule has 2 nitrogen and oxygen atoms in total. The molecule has 0 aromatic heterocycles. The van der Waals surface area contributed by atoms with E-state index in [2.05, 4.69) is 0 Å². The van der Waals surface area contributed by atoms with Gasteiger partial charge < -0.3 is 0 Å². The number of ether oxygens (including phenoxy) is 2. The van der Waals surface area contributed by atoms with Gasteiger partial charge in [0.15, 0.2) is 0 Å². The molecule has 0 aliphatic rings. The molecule has 1 atom stereocenters. The summed E-state index contributed by atoms with van der Waals surface area (Å²) in [6.07, 6.45) is 0. The summed E-state index contributed by atoms with van der Waals surface area (Å²) >= 11 is 5.21. The summed E-state index contributed by atoms with van der Waals surface area (Å²) in [6.45, 7) is 1.56. The van der Waals surface area contributed by atoms with Crippen LogP contribution in [-0.2, 0) is 0 Å². The fourth-order valence-electron chi connectivity index (χ4n) is 0.981. The predicted molar refractivity (Wildman–Crippen MR) is 60.2 cm³/mol. The molecule has 0 amide bonds. The Bertz CT molecular complexity index is 355. The van der Waals surface area contributed by atoms with Crippen LogP contribution in [0.15, 0.2) is 18.2 Å². The van der Waals surface area contributed by atoms with Crippen molar-refractivity contribution in [1.82, 2.24) is 0 Å². The van der Waals surface area contributed by atoms with E-state index < -0.39 is 5.27 Å². The van der Waals surface area contributed by atoms with E-state index in [0.717, 1.165) is 4.46 Å². The molecule has 0 aliphatic heterocycles. The molecular formula is C10H13ClO2Se. The third-order valence-corrected chi connectivity index (χ3v) is 3.28. The molecule has 78 valence electrons. The average molecular weight is 282 g/mol. The van der Waals surface area contributed by atoms with Crippen LogP contribution in [0.4, 0.5) is 0 Å². The first-order chi connectivity index (χ1) is 7.46. The first-order valence-corrected chi connectivity index (χ1v) is 6.27. The van der Waals surface area contributed by atoms with Crippen molar-refractivity contribution < 1.29 is 12.2 Å². The topological polar surface area (TPSA) is 18.5 Å². The number of hydrogen-bond acceptors (Lipinski definition) is 2. The number of halogens is 1. The van der Waals surface area contributed by atoms with Crippen molar-refractivity contribution in [2.75, 3.05) is 13.2 Å². The number of methoxy groups -OCH3 is 1. The second-order valence-electron chi connectivity index (χ2n) is 2.37. The predicted octanol–water partition coefficient (Wildman–Crippen LogP) is 2.04. The van der Waals surface area contributed by atoms with E-state index in [1.807, 2.05) is 6.07 Å². The summed E-state index contributed by atoms with van der Waals surface area (Å²) in [5.74, 6) is 1.27. The van der Waals surface area contributed by atoms with Crippen molar-refractivity contribution >= 4 is 31.0 Å². The van der Waals surface area contributed by atoms with Gasteiger partial charge in [-0.05, 0) is 0 Å². The third-order valence-electron chi connectivity index (χ3n) is 1.57. The quantitative estimate of drug-likeness (QED) is 0.467. The fraction of sp³-hybridized carbons (Fsp3) is 0.400. The zero-order valence-electron chi connectivity index (χ0n) is 10.0. The van der Waals surface area contributed by atoms with E-state index in [1.165, 1.54) is 0 Å². The Labute approximate surface area is 98.5 Å². The van der Waals surface area contributed by atoms with Gasteiger partial charge in [-0.25, -0.2) is 0 Å². The van der Waals surface area contributed by atoms with Gasteiger partial charge in [0, 0.05) is 0 Å². The SMILES string of the molecule is [1H][13C@@]([2H])(C)[Se]c1ccc(OC)cc1OCCl. The summed E-state index contributed by atoms with van der Waals surface area (Å²) in [6, 6.07) is 5.39. The molecule has 0 spiro atoms. The zero-order chi connectivity index (χ0) is 12.2. The molecule has 0 heterocycles. The average Bonchev–Trinajstić information content (AvgIpc) is 2.19. The van der Waals surface area contributed by atoms with Gasteiger partial charge in [-0.1, -0.05) is 0 Å². The van der Waals surface area contributed by atoms with E-state index in [9.17, 15) is 0 Å². The first kappa shape index (κ1) is 8.90. The van der Waals surface area contributed by atoms with Gasteiger partial charge >= 0.3 is 98.3 Å². The maximum atomic E-state index is 7.57. The normalized spacial score (nSPS) is 16.5. The summed E-state index contributed by atoms with van der Waals surface area (Å²) in [5, 5.41) is -1.22. The number of alkyl halides is 1. The molecule has 1 aromatic carbocycles. The van der Waals surface area contributed by atoms with Crippen molar-refractivity contribution in [2.24, 2.45) is 0 Å². The molecule has 0 aliphatic carbocycles. The van der Waals surface area contributed by atoms with Gasteiger partial charge in [-0.3, -0.25) is 0 Å². The maximum absolute atomic E-state index is 7.57. The van der Waals surface area contributed by atoms with Gasteiger partial charge in [-0.2, -0.15) is 0 Å². The molecule has 1 rings (SSSR count). The van der Waals surface area contributed by atoms with Crippen LogP contribution < -0.4 is 13.9 Å². The minimum atomic E-state index is -1.22. The number of hydrogen-bond donors (Lipinski definition) is 0. The molecule has 1 aromatic rings. The Morgan fingerprint density at radius 2 is 2.50 bits per heavy atom. The van der Waals surface area contributed by atoms with E-state index >= 15 is 0 Å². The standard InChI is InChI=1S/C10H13ClO2Se/c1-3-14-10-5-4-8(12-2)6-9(10)13-7-11/h4-6H,3,7H2,1-2H3/i3+1DH/t3-/m1/s1. The van der Waals surface area contributed by atoms with Crippen molar-refractivity contribution in [3.05, 3.63) is 18.2 Å². The summed E-state index contributed by atoms with van der Waals surface area (Å²) in [7, 11) is 1.57. The van der Waals surface area contributed by atoms with E-state index in [1.54, 1.807) is 26.2 Å². The first-order valence-electron chi connectivity index (χ1n) is 5.02. The van der Waals surface area contributed by atoms with Crippen LogP contribution in [0.5, 0.6) is 11.5 Å². The van der Waals surface area contributed by atoms with Crippen LogP contribution in [0.2, 0.25) is 5.27 Å². The van der Waals surface area contributed by atoms with Crippen LogP contribution >= 0.6 is 11.6 Å². The van der Waals surface area contributed by atoms with Crippen LogP contribution in [0, 0.1) is 0 Å². The van der Waals surface area contributed by atoms with Crippen molar-refractivity contribution in [2.45, 2.75) is 12.2 Å². The van der Waals surface area contributed by atoms with Crippen molar-refractivity contribution in [3.8, 4) is 11.5 Å². The monoisotopic (exact) mass is 282 g/mol. The fourth-order valence-corrected chi connectivity index (χ4v) is 2.30. The molecule has 0 N–H and O–H groups in total. The van der Waals surface area contributed by atoms with E-state index in [0.29, 0.717) is 11.5 Å². The summed E-state index contributed by atoms with van der Waals surface area (Å²) in [4.78, 5) is 0. The van der Waals surface area contributed by atoms with Gasteiger partial charge in [-0.15, -0.1) is 0 Å². The van der Waals surface area contributed by atoms with Crippen LogP contribution in [0.3, 0.4) is 0 Å². The summed E-state index contributed by atoms with van der Waals surface area (Å²) < 4.78 is 26.3. The van der Waals surface area contributed by atoms with E-state index in [-0.39, 0.29) is 21.0 Å². The Kier molecular flexibility index (Phi) is 3.93.